The summed E-state index contributed by atoms with van der Waals surface area (Å²) in [7, 11) is 0. The Morgan fingerprint density at radius 2 is 1.86 bits per heavy atom. The van der Waals surface area contributed by atoms with E-state index in [1.807, 2.05) is 6.92 Å². The van der Waals surface area contributed by atoms with E-state index < -0.39 is 0 Å². The van der Waals surface area contributed by atoms with Gasteiger partial charge in [-0.15, -0.1) is 0 Å². The van der Waals surface area contributed by atoms with E-state index in [0.717, 1.165) is 32.1 Å². The van der Waals surface area contributed by atoms with Crippen LogP contribution < -0.4 is 0 Å². The smallest absolute Gasteiger partial charge is 0.0574 e. The maximum absolute atomic E-state index is 10.0. The minimum absolute atomic E-state index is 0.0515. The van der Waals surface area contributed by atoms with Gasteiger partial charge in [-0.1, -0.05) is 19.3 Å². The van der Waals surface area contributed by atoms with Gasteiger partial charge in [0.2, 0.25) is 0 Å². The van der Waals surface area contributed by atoms with Crippen molar-refractivity contribution in [2.24, 2.45) is 11.3 Å². The molecule has 1 unspecified atom stereocenters. The average molecular weight is 198 g/mol. The van der Waals surface area contributed by atoms with Crippen LogP contribution in [0.1, 0.15) is 51.9 Å². The van der Waals surface area contributed by atoms with Crippen LogP contribution in [0.25, 0.3) is 0 Å². The summed E-state index contributed by atoms with van der Waals surface area (Å²) in [6, 6.07) is 0. The Kier molecular flexibility index (Phi) is 2.85. The molecule has 0 aromatic heterocycles. The van der Waals surface area contributed by atoms with Crippen LogP contribution in [-0.4, -0.2) is 22.4 Å². The van der Waals surface area contributed by atoms with Crippen molar-refractivity contribution in [1.82, 2.24) is 0 Å². The van der Waals surface area contributed by atoms with Crippen molar-refractivity contribution in [2.75, 3.05) is 0 Å². The lowest BCUT2D eigenvalue weighted by atomic mass is 9.56. The van der Waals surface area contributed by atoms with E-state index in [1.165, 1.54) is 12.8 Å². The van der Waals surface area contributed by atoms with Gasteiger partial charge in [-0.25, -0.2) is 0 Å². The maximum Gasteiger partial charge on any atom is 0.0574 e. The van der Waals surface area contributed by atoms with E-state index >= 15 is 0 Å². The third kappa shape index (κ3) is 1.49. The molecule has 2 fully saturated rings. The molecule has 82 valence electrons. The highest BCUT2D eigenvalue weighted by atomic mass is 16.3. The van der Waals surface area contributed by atoms with E-state index in [9.17, 15) is 10.2 Å². The van der Waals surface area contributed by atoms with E-state index in [1.54, 1.807) is 0 Å². The molecule has 14 heavy (non-hydrogen) atoms. The Hall–Kier alpha value is -0.0800. The molecule has 0 heterocycles. The molecule has 2 heteroatoms. The van der Waals surface area contributed by atoms with Gasteiger partial charge in [-0.3, -0.25) is 0 Å². The van der Waals surface area contributed by atoms with Crippen molar-refractivity contribution in [3.05, 3.63) is 0 Å². The fourth-order valence-corrected chi connectivity index (χ4v) is 3.75. The molecular weight excluding hydrogens is 176 g/mol. The Labute approximate surface area is 86.3 Å². The van der Waals surface area contributed by atoms with Crippen LogP contribution in [0.2, 0.25) is 0 Å². The van der Waals surface area contributed by atoms with Crippen molar-refractivity contribution in [3.63, 3.8) is 0 Å². The Bertz CT molecular complexity index is 198. The highest BCUT2D eigenvalue weighted by Crippen LogP contribution is 2.52. The highest BCUT2D eigenvalue weighted by Gasteiger charge is 2.48. The van der Waals surface area contributed by atoms with Crippen molar-refractivity contribution in [2.45, 2.75) is 64.1 Å². The molecule has 2 nitrogen and oxygen atoms in total. The second-order valence-corrected chi connectivity index (χ2v) is 5.22. The van der Waals surface area contributed by atoms with Crippen molar-refractivity contribution in [1.29, 1.82) is 0 Å². The maximum atomic E-state index is 10.0. The fraction of sp³-hybridized carbons (Fsp3) is 1.00. The van der Waals surface area contributed by atoms with Gasteiger partial charge >= 0.3 is 0 Å². The summed E-state index contributed by atoms with van der Waals surface area (Å²) in [5, 5.41) is 20.0. The van der Waals surface area contributed by atoms with Gasteiger partial charge in [0, 0.05) is 5.41 Å². The minimum Gasteiger partial charge on any atom is -0.393 e. The number of fused-ring (bicyclic) bond motifs is 1. The number of hydrogen-bond acceptors (Lipinski definition) is 2. The molecule has 0 saturated heterocycles. The van der Waals surface area contributed by atoms with E-state index in [-0.39, 0.29) is 17.6 Å². The summed E-state index contributed by atoms with van der Waals surface area (Å²) in [6.07, 6.45) is 7.44. The lowest BCUT2D eigenvalue weighted by molar-refractivity contribution is -0.114. The number of hydrogen-bond donors (Lipinski definition) is 2. The zero-order valence-electron chi connectivity index (χ0n) is 9.08. The van der Waals surface area contributed by atoms with Gasteiger partial charge < -0.3 is 10.2 Å². The second-order valence-electron chi connectivity index (χ2n) is 5.22. The number of aliphatic hydroxyl groups is 2. The molecule has 4 atom stereocenters. The number of aliphatic hydroxyl groups excluding tert-OH is 2. The third-order valence-electron chi connectivity index (χ3n) is 4.58. The average Bonchev–Trinajstić information content (AvgIpc) is 2.18. The zero-order chi connectivity index (χ0) is 10.2. The largest absolute Gasteiger partial charge is 0.393 e. The van der Waals surface area contributed by atoms with Gasteiger partial charge in [-0.05, 0) is 38.5 Å². The molecule has 2 aliphatic rings. The molecule has 2 aliphatic carbocycles. The van der Waals surface area contributed by atoms with Crippen LogP contribution in [-0.2, 0) is 0 Å². The molecule has 0 aromatic carbocycles. The summed E-state index contributed by atoms with van der Waals surface area (Å²) in [5.74, 6) is 0.366. The molecule has 0 aliphatic heterocycles. The fourth-order valence-electron chi connectivity index (χ4n) is 3.75. The van der Waals surface area contributed by atoms with Crippen molar-refractivity contribution < 1.29 is 10.2 Å². The molecule has 0 spiro atoms. The molecule has 0 bridgehead atoms. The highest BCUT2D eigenvalue weighted by molar-refractivity contribution is 4.99. The molecule has 0 radical (unpaired) electrons. The van der Waals surface area contributed by atoms with Gasteiger partial charge in [0.05, 0.1) is 12.2 Å². The molecule has 0 aromatic rings. The predicted octanol–water partition coefficient (Wildman–Crippen LogP) is 2.09. The SMILES string of the molecule is C[C@@H](O)C12CCCC[C@H]1[C@@H](O)CCC2. The minimum atomic E-state index is -0.247. The quantitative estimate of drug-likeness (QED) is 0.677. The molecule has 2 N–H and O–H groups in total. The summed E-state index contributed by atoms with van der Waals surface area (Å²) in [6.45, 7) is 1.91. The standard InChI is InChI=1S/C12H22O2/c1-9(13)12-7-3-2-5-10(12)11(14)6-4-8-12/h9-11,13-14H,2-8H2,1H3/t9-,10+,11+,12?/m1/s1. The Balaban J connectivity index is 2.22. The first-order valence-electron chi connectivity index (χ1n) is 6.03. The summed E-state index contributed by atoms with van der Waals surface area (Å²) in [5.41, 5.74) is 0.0515. The predicted molar refractivity (Wildman–Crippen MR) is 55.9 cm³/mol. The van der Waals surface area contributed by atoms with Crippen LogP contribution in [0.4, 0.5) is 0 Å². The van der Waals surface area contributed by atoms with E-state index in [0.29, 0.717) is 5.92 Å². The Morgan fingerprint density at radius 1 is 1.14 bits per heavy atom. The van der Waals surface area contributed by atoms with Gasteiger partial charge in [-0.2, -0.15) is 0 Å². The van der Waals surface area contributed by atoms with Crippen molar-refractivity contribution in [3.8, 4) is 0 Å². The first-order chi connectivity index (χ1) is 6.67. The molecular formula is C12H22O2. The van der Waals surface area contributed by atoms with E-state index in [4.69, 9.17) is 0 Å². The van der Waals surface area contributed by atoms with Gasteiger partial charge in [0.25, 0.3) is 0 Å². The Morgan fingerprint density at radius 3 is 2.50 bits per heavy atom. The lowest BCUT2D eigenvalue weighted by Gasteiger charge is -2.51. The summed E-state index contributed by atoms with van der Waals surface area (Å²) >= 11 is 0. The molecule has 2 saturated carbocycles. The van der Waals surface area contributed by atoms with Crippen LogP contribution in [0, 0.1) is 11.3 Å². The van der Waals surface area contributed by atoms with Crippen LogP contribution in [0.3, 0.4) is 0 Å². The molecule has 2 rings (SSSR count). The first kappa shape index (κ1) is 10.4. The molecule has 0 amide bonds. The first-order valence-corrected chi connectivity index (χ1v) is 6.03. The summed E-state index contributed by atoms with van der Waals surface area (Å²) < 4.78 is 0. The van der Waals surface area contributed by atoms with Gasteiger partial charge in [0.15, 0.2) is 0 Å². The number of rotatable bonds is 1. The third-order valence-corrected chi connectivity index (χ3v) is 4.58. The van der Waals surface area contributed by atoms with Crippen molar-refractivity contribution >= 4 is 0 Å². The monoisotopic (exact) mass is 198 g/mol. The normalized spacial score (nSPS) is 45.6. The van der Waals surface area contributed by atoms with Gasteiger partial charge in [0.1, 0.15) is 0 Å². The zero-order valence-corrected chi connectivity index (χ0v) is 9.08. The second kappa shape index (κ2) is 3.82. The summed E-state index contributed by atoms with van der Waals surface area (Å²) in [4.78, 5) is 0. The topological polar surface area (TPSA) is 40.5 Å². The lowest BCUT2D eigenvalue weighted by Crippen LogP contribution is -2.50. The van der Waals surface area contributed by atoms with Crippen LogP contribution in [0.5, 0.6) is 0 Å². The van der Waals surface area contributed by atoms with Crippen LogP contribution >= 0.6 is 0 Å². The van der Waals surface area contributed by atoms with E-state index in [2.05, 4.69) is 0 Å². The van der Waals surface area contributed by atoms with Crippen LogP contribution in [0.15, 0.2) is 0 Å².